The van der Waals surface area contributed by atoms with Crippen LogP contribution in [0.4, 0.5) is 0 Å². The maximum atomic E-state index is 11.8. The Kier molecular flexibility index (Phi) is 4.42. The predicted octanol–water partition coefficient (Wildman–Crippen LogP) is 2.10. The molecule has 1 aliphatic rings. The molecular weight excluding hydrogens is 318 g/mol. The Balaban J connectivity index is 1.39. The average molecular weight is 335 g/mol. The molecule has 0 saturated heterocycles. The first-order valence-corrected chi connectivity index (χ1v) is 8.34. The van der Waals surface area contributed by atoms with Gasteiger partial charge >= 0.3 is 5.97 Å². The van der Waals surface area contributed by atoms with Crippen LogP contribution in [0.5, 0.6) is 0 Å². The number of amides is 1. The van der Waals surface area contributed by atoms with Crippen molar-refractivity contribution >= 4 is 23.2 Å². The van der Waals surface area contributed by atoms with Crippen molar-refractivity contribution in [3.8, 4) is 10.7 Å². The van der Waals surface area contributed by atoms with E-state index in [0.717, 1.165) is 4.88 Å². The summed E-state index contributed by atoms with van der Waals surface area (Å²) in [4.78, 5) is 28.0. The highest BCUT2D eigenvalue weighted by Crippen LogP contribution is 2.45. The summed E-state index contributed by atoms with van der Waals surface area (Å²) >= 11 is 1.54. The number of carbonyl (C=O) groups is 2. The number of nitrogens with zero attached hydrogens (tertiary/aromatic N) is 2. The molecule has 3 rings (SSSR count). The van der Waals surface area contributed by atoms with Crippen LogP contribution in [-0.2, 0) is 16.0 Å². The minimum Gasteiger partial charge on any atom is -0.481 e. The predicted molar refractivity (Wildman–Crippen MR) is 82.9 cm³/mol. The summed E-state index contributed by atoms with van der Waals surface area (Å²) < 4.78 is 5.16. The van der Waals surface area contributed by atoms with Crippen LogP contribution < -0.4 is 5.32 Å². The summed E-state index contributed by atoms with van der Waals surface area (Å²) in [5.74, 6) is 0.0993. The van der Waals surface area contributed by atoms with E-state index in [2.05, 4.69) is 15.5 Å². The van der Waals surface area contributed by atoms with Gasteiger partial charge in [-0.1, -0.05) is 11.2 Å². The molecule has 1 fully saturated rings. The highest BCUT2D eigenvalue weighted by molar-refractivity contribution is 7.13. The van der Waals surface area contributed by atoms with Gasteiger partial charge in [-0.15, -0.1) is 11.3 Å². The Labute approximate surface area is 136 Å². The van der Waals surface area contributed by atoms with E-state index in [1.807, 2.05) is 17.5 Å². The van der Waals surface area contributed by atoms with Crippen molar-refractivity contribution in [3.05, 3.63) is 23.4 Å². The van der Waals surface area contributed by atoms with Crippen LogP contribution >= 0.6 is 11.3 Å². The molecule has 2 N–H and O–H groups in total. The minimum atomic E-state index is -0.829. The van der Waals surface area contributed by atoms with Crippen molar-refractivity contribution in [1.82, 2.24) is 15.5 Å². The van der Waals surface area contributed by atoms with Gasteiger partial charge in [0.2, 0.25) is 17.6 Å². The molecule has 122 valence electrons. The van der Waals surface area contributed by atoms with Crippen molar-refractivity contribution in [2.75, 3.05) is 6.54 Å². The summed E-state index contributed by atoms with van der Waals surface area (Å²) in [6.07, 6.45) is 2.69. The van der Waals surface area contributed by atoms with Gasteiger partial charge in [0.25, 0.3) is 0 Å². The van der Waals surface area contributed by atoms with Crippen LogP contribution in [0.2, 0.25) is 0 Å². The monoisotopic (exact) mass is 335 g/mol. The van der Waals surface area contributed by atoms with Crippen LogP contribution in [0.25, 0.3) is 10.7 Å². The zero-order valence-corrected chi connectivity index (χ0v) is 13.3. The van der Waals surface area contributed by atoms with E-state index in [0.29, 0.717) is 43.8 Å². The molecule has 0 aliphatic heterocycles. The number of hydrogen-bond donors (Lipinski definition) is 2. The molecule has 0 spiro atoms. The summed E-state index contributed by atoms with van der Waals surface area (Å²) in [6, 6.07) is 3.84. The lowest BCUT2D eigenvalue weighted by Crippen LogP contribution is -2.34. The highest BCUT2D eigenvalue weighted by atomic mass is 32.1. The van der Waals surface area contributed by atoms with Gasteiger partial charge in [0.1, 0.15) is 0 Å². The Bertz CT molecular complexity index is 691. The molecular formula is C15H17N3O4S. The van der Waals surface area contributed by atoms with Gasteiger partial charge in [-0.2, -0.15) is 4.98 Å². The quantitative estimate of drug-likeness (QED) is 0.765. The van der Waals surface area contributed by atoms with Crippen LogP contribution in [-0.4, -0.2) is 33.7 Å². The van der Waals surface area contributed by atoms with E-state index in [4.69, 9.17) is 9.63 Å². The number of carboxylic acid groups (broad SMARTS) is 1. The van der Waals surface area contributed by atoms with E-state index in [-0.39, 0.29) is 12.5 Å². The van der Waals surface area contributed by atoms with Crippen molar-refractivity contribution in [1.29, 1.82) is 0 Å². The fraction of sp³-hybridized carbons (Fsp3) is 0.467. The fourth-order valence-corrected chi connectivity index (χ4v) is 2.88. The van der Waals surface area contributed by atoms with E-state index < -0.39 is 11.4 Å². The molecule has 0 atom stereocenters. The van der Waals surface area contributed by atoms with E-state index in [9.17, 15) is 9.59 Å². The molecule has 2 aromatic heterocycles. The zero-order valence-electron chi connectivity index (χ0n) is 12.4. The van der Waals surface area contributed by atoms with Gasteiger partial charge in [0.05, 0.1) is 10.3 Å². The van der Waals surface area contributed by atoms with Gasteiger partial charge in [0, 0.05) is 19.4 Å². The van der Waals surface area contributed by atoms with Crippen molar-refractivity contribution < 1.29 is 19.2 Å². The lowest BCUT2D eigenvalue weighted by Gasteiger charge is -2.10. The van der Waals surface area contributed by atoms with Crippen LogP contribution in [0.3, 0.4) is 0 Å². The lowest BCUT2D eigenvalue weighted by atomic mass is 10.1. The molecule has 1 aliphatic carbocycles. The van der Waals surface area contributed by atoms with Crippen LogP contribution in [0.15, 0.2) is 22.0 Å². The summed E-state index contributed by atoms with van der Waals surface area (Å²) in [5, 5.41) is 17.6. The third-order valence-corrected chi connectivity index (χ3v) is 4.80. The third-order valence-electron chi connectivity index (χ3n) is 3.94. The summed E-state index contributed by atoms with van der Waals surface area (Å²) in [6.45, 7) is 0.213. The van der Waals surface area contributed by atoms with Gasteiger partial charge in [-0.05, 0) is 30.7 Å². The topological polar surface area (TPSA) is 105 Å². The molecule has 7 nitrogen and oxygen atoms in total. The molecule has 0 radical (unpaired) electrons. The Morgan fingerprint density at radius 2 is 2.26 bits per heavy atom. The largest absolute Gasteiger partial charge is 0.481 e. The SMILES string of the molecule is O=C(CCCc1nc(-c2cccs2)no1)NCC1(C(=O)O)CC1. The smallest absolute Gasteiger partial charge is 0.311 e. The zero-order chi connectivity index (χ0) is 16.3. The molecule has 0 aromatic carbocycles. The first-order chi connectivity index (χ1) is 11.1. The highest BCUT2D eigenvalue weighted by Gasteiger charge is 2.50. The summed E-state index contributed by atoms with van der Waals surface area (Å²) in [5.41, 5.74) is -0.724. The number of hydrogen-bond acceptors (Lipinski definition) is 6. The van der Waals surface area contributed by atoms with Crippen molar-refractivity contribution in [2.24, 2.45) is 5.41 Å². The number of carbonyl (C=O) groups excluding carboxylic acids is 1. The first kappa shape index (κ1) is 15.7. The number of aryl methyl sites for hydroxylation is 1. The number of rotatable bonds is 8. The normalized spacial score (nSPS) is 15.3. The van der Waals surface area contributed by atoms with Gasteiger partial charge in [0.15, 0.2) is 0 Å². The number of carboxylic acids is 1. The average Bonchev–Trinajstić information content (AvgIpc) is 2.94. The van der Waals surface area contributed by atoms with E-state index in [1.165, 1.54) is 11.3 Å². The molecule has 0 unspecified atom stereocenters. The molecule has 1 amide bonds. The fourth-order valence-electron chi connectivity index (χ4n) is 2.24. The molecule has 8 heteroatoms. The van der Waals surface area contributed by atoms with Gasteiger partial charge < -0.3 is 14.9 Å². The Morgan fingerprint density at radius 3 is 2.91 bits per heavy atom. The number of thiophene rings is 1. The third kappa shape index (κ3) is 3.76. The number of aromatic nitrogens is 2. The second kappa shape index (κ2) is 6.49. The summed E-state index contributed by atoms with van der Waals surface area (Å²) in [7, 11) is 0. The Morgan fingerprint density at radius 1 is 1.43 bits per heavy atom. The molecule has 23 heavy (non-hydrogen) atoms. The van der Waals surface area contributed by atoms with Gasteiger partial charge in [-0.3, -0.25) is 9.59 Å². The van der Waals surface area contributed by atoms with Crippen LogP contribution in [0.1, 0.15) is 31.6 Å². The molecule has 2 aromatic rings. The van der Waals surface area contributed by atoms with Gasteiger partial charge in [-0.25, -0.2) is 0 Å². The first-order valence-electron chi connectivity index (χ1n) is 7.46. The molecule has 1 saturated carbocycles. The van der Waals surface area contributed by atoms with Crippen LogP contribution in [0, 0.1) is 5.41 Å². The van der Waals surface area contributed by atoms with Crippen molar-refractivity contribution in [3.63, 3.8) is 0 Å². The maximum Gasteiger partial charge on any atom is 0.311 e. The second-order valence-electron chi connectivity index (χ2n) is 5.70. The van der Waals surface area contributed by atoms with E-state index in [1.54, 1.807) is 0 Å². The number of nitrogens with one attached hydrogen (secondary N) is 1. The Hall–Kier alpha value is -2.22. The second-order valence-corrected chi connectivity index (χ2v) is 6.65. The molecule has 2 heterocycles. The van der Waals surface area contributed by atoms with E-state index >= 15 is 0 Å². The maximum absolute atomic E-state index is 11.8. The lowest BCUT2D eigenvalue weighted by molar-refractivity contribution is -0.143. The minimum absolute atomic E-state index is 0.143. The van der Waals surface area contributed by atoms with Crippen molar-refractivity contribution in [2.45, 2.75) is 32.1 Å². The number of aliphatic carboxylic acids is 1. The molecule has 0 bridgehead atoms. The standard InChI is InChI=1S/C15H17N3O4S/c19-11(16-9-15(6-7-15)14(20)21)4-1-5-12-17-13(18-22-12)10-3-2-8-23-10/h2-3,8H,1,4-7,9H2,(H,16,19)(H,20,21).